The van der Waals surface area contributed by atoms with Gasteiger partial charge in [-0.05, 0) is 73.3 Å². The summed E-state index contributed by atoms with van der Waals surface area (Å²) in [5.74, 6) is 0.0387. The van der Waals surface area contributed by atoms with Gasteiger partial charge in [-0.2, -0.15) is 0 Å². The number of imide groups is 1. The lowest BCUT2D eigenvalue weighted by Crippen LogP contribution is -2.40. The van der Waals surface area contributed by atoms with Crippen molar-refractivity contribution < 1.29 is 23.9 Å². The molecule has 0 unspecified atom stereocenters. The molecule has 0 N–H and O–H groups in total. The van der Waals surface area contributed by atoms with E-state index in [1.165, 1.54) is 4.90 Å². The van der Waals surface area contributed by atoms with E-state index in [4.69, 9.17) is 4.74 Å². The fraction of sp³-hybridized carbons (Fsp3) is 0.419. The van der Waals surface area contributed by atoms with E-state index in [-0.39, 0.29) is 53.9 Å². The Hall–Kier alpha value is -3.74. The van der Waals surface area contributed by atoms with E-state index in [0.29, 0.717) is 35.4 Å². The molecule has 8 atom stereocenters. The number of nitrogens with zero attached hydrogens (tertiary/aromatic N) is 2. The maximum absolute atomic E-state index is 13.5. The predicted molar refractivity (Wildman–Crippen MR) is 139 cm³/mol. The lowest BCUT2D eigenvalue weighted by molar-refractivity contribution is -0.139. The van der Waals surface area contributed by atoms with Crippen molar-refractivity contribution in [2.45, 2.75) is 32.7 Å². The molecule has 2 heterocycles. The molecule has 38 heavy (non-hydrogen) atoms. The van der Waals surface area contributed by atoms with E-state index in [2.05, 4.69) is 12.2 Å². The Labute approximate surface area is 221 Å². The number of benzene rings is 2. The largest absolute Gasteiger partial charge is 0.426 e. The van der Waals surface area contributed by atoms with Gasteiger partial charge < -0.3 is 9.64 Å². The minimum absolute atomic E-state index is 0.0662. The number of esters is 1. The van der Waals surface area contributed by atoms with Crippen molar-refractivity contribution in [2.75, 3.05) is 11.4 Å². The van der Waals surface area contributed by atoms with Crippen LogP contribution in [0.2, 0.25) is 0 Å². The Balaban J connectivity index is 1.05. The zero-order valence-electron chi connectivity index (χ0n) is 21.4. The number of likely N-dealkylation sites (tertiary alicyclic amines) is 1. The van der Waals surface area contributed by atoms with Crippen molar-refractivity contribution in [1.29, 1.82) is 0 Å². The molecule has 0 spiro atoms. The van der Waals surface area contributed by atoms with Crippen LogP contribution < -0.4 is 9.64 Å². The minimum Gasteiger partial charge on any atom is -0.426 e. The molecule has 8 rings (SSSR count). The van der Waals surface area contributed by atoms with E-state index in [1.54, 1.807) is 23.1 Å². The molecule has 6 aliphatic rings. The van der Waals surface area contributed by atoms with Gasteiger partial charge >= 0.3 is 5.97 Å². The molecule has 2 aliphatic heterocycles. The first-order valence-electron chi connectivity index (χ1n) is 13.6. The number of ether oxygens (including phenoxy) is 1. The molecule has 0 radical (unpaired) electrons. The molecule has 2 saturated carbocycles. The second-order valence-corrected chi connectivity index (χ2v) is 11.6. The van der Waals surface area contributed by atoms with Gasteiger partial charge in [0, 0.05) is 13.0 Å². The van der Waals surface area contributed by atoms with Crippen LogP contribution in [0.25, 0.3) is 0 Å². The van der Waals surface area contributed by atoms with Crippen LogP contribution in [0.1, 0.15) is 36.9 Å². The summed E-state index contributed by atoms with van der Waals surface area (Å²) in [5, 5.41) is 0. The third kappa shape index (κ3) is 3.40. The highest BCUT2D eigenvalue weighted by molar-refractivity contribution is 6.23. The average Bonchev–Trinajstić information content (AvgIpc) is 3.60. The lowest BCUT2D eigenvalue weighted by atomic mass is 9.63. The zero-order valence-corrected chi connectivity index (χ0v) is 21.4. The minimum atomic E-state index is -0.548. The summed E-state index contributed by atoms with van der Waals surface area (Å²) in [7, 11) is 0. The SMILES string of the molecule is Cc1cc(OC(=O)[C@@H]2CC(=O)N([C@H](C)c3ccccc3)C2)ccc1N1C(=O)[C@@H]2[C@H]3C=C[C@@H]([C@@H]4C[C@@H]34)[C@@H]2C1=O. The van der Waals surface area contributed by atoms with Crippen LogP contribution in [0.4, 0.5) is 5.69 Å². The molecule has 4 fully saturated rings. The van der Waals surface area contributed by atoms with Crippen molar-refractivity contribution in [3.63, 3.8) is 0 Å². The van der Waals surface area contributed by atoms with Crippen molar-refractivity contribution in [3.8, 4) is 5.75 Å². The van der Waals surface area contributed by atoms with Crippen LogP contribution in [0.5, 0.6) is 5.75 Å². The van der Waals surface area contributed by atoms with Crippen LogP contribution in [-0.4, -0.2) is 35.1 Å². The summed E-state index contributed by atoms with van der Waals surface area (Å²) in [6.45, 7) is 4.09. The van der Waals surface area contributed by atoms with Crippen LogP contribution in [0.15, 0.2) is 60.7 Å². The monoisotopic (exact) mass is 510 g/mol. The first-order valence-corrected chi connectivity index (χ1v) is 13.6. The number of hydrogen-bond donors (Lipinski definition) is 0. The number of anilines is 1. The van der Waals surface area contributed by atoms with E-state index in [0.717, 1.165) is 12.0 Å². The first-order chi connectivity index (χ1) is 18.3. The third-order valence-electron chi connectivity index (χ3n) is 9.53. The molecule has 7 heteroatoms. The molecule has 4 aliphatic carbocycles. The van der Waals surface area contributed by atoms with Gasteiger partial charge in [0.2, 0.25) is 17.7 Å². The molecule has 7 nitrogen and oxygen atoms in total. The van der Waals surface area contributed by atoms with Crippen LogP contribution in [0, 0.1) is 48.3 Å². The summed E-state index contributed by atoms with van der Waals surface area (Å²) in [4.78, 5) is 55.7. The number of carbonyl (C=O) groups excluding carboxylic acids is 4. The van der Waals surface area contributed by atoms with Gasteiger partial charge in [0.05, 0.1) is 29.5 Å². The topological polar surface area (TPSA) is 84.0 Å². The van der Waals surface area contributed by atoms with Crippen molar-refractivity contribution >= 4 is 29.4 Å². The molecule has 194 valence electrons. The van der Waals surface area contributed by atoms with Gasteiger partial charge in [-0.3, -0.25) is 19.2 Å². The second-order valence-electron chi connectivity index (χ2n) is 11.6. The van der Waals surface area contributed by atoms with Crippen molar-refractivity contribution in [2.24, 2.45) is 41.4 Å². The van der Waals surface area contributed by atoms with Gasteiger partial charge in [0.1, 0.15) is 5.75 Å². The molecule has 2 aromatic carbocycles. The maximum atomic E-state index is 13.5. The smallest absolute Gasteiger partial charge is 0.316 e. The predicted octanol–water partition coefficient (Wildman–Crippen LogP) is 4.07. The lowest BCUT2D eigenvalue weighted by Gasteiger charge is -2.37. The normalized spacial score (nSPS) is 33.4. The van der Waals surface area contributed by atoms with Crippen LogP contribution in [-0.2, 0) is 19.2 Å². The van der Waals surface area contributed by atoms with Crippen molar-refractivity contribution in [3.05, 3.63) is 71.8 Å². The van der Waals surface area contributed by atoms with Gasteiger partial charge in [0.15, 0.2) is 0 Å². The van der Waals surface area contributed by atoms with Crippen LogP contribution in [0.3, 0.4) is 0 Å². The second kappa shape index (κ2) is 8.38. The van der Waals surface area contributed by atoms with Crippen LogP contribution >= 0.6 is 0 Å². The summed E-state index contributed by atoms with van der Waals surface area (Å²) in [5.41, 5.74) is 2.27. The van der Waals surface area contributed by atoms with Gasteiger partial charge in [0.25, 0.3) is 0 Å². The number of allylic oxidation sites excluding steroid dienone is 2. The Bertz CT molecular complexity index is 1360. The number of aryl methyl sites for hydroxylation is 1. The molecule has 0 aromatic heterocycles. The Morgan fingerprint density at radius 1 is 0.947 bits per heavy atom. The van der Waals surface area contributed by atoms with Crippen molar-refractivity contribution in [1.82, 2.24) is 4.90 Å². The highest BCUT2D eigenvalue weighted by Gasteiger charge is 2.67. The highest BCUT2D eigenvalue weighted by atomic mass is 16.5. The number of hydrogen-bond acceptors (Lipinski definition) is 5. The molecule has 2 saturated heterocycles. The Kier molecular flexibility index (Phi) is 5.16. The zero-order chi connectivity index (χ0) is 26.3. The maximum Gasteiger partial charge on any atom is 0.316 e. The summed E-state index contributed by atoms with van der Waals surface area (Å²) in [6.07, 6.45) is 5.58. The first kappa shape index (κ1) is 23.4. The molecular formula is C31H30N2O5. The van der Waals surface area contributed by atoms with Gasteiger partial charge in [-0.25, -0.2) is 4.90 Å². The number of amides is 3. The number of carbonyl (C=O) groups is 4. The van der Waals surface area contributed by atoms with E-state index in [9.17, 15) is 19.2 Å². The summed E-state index contributed by atoms with van der Waals surface area (Å²) < 4.78 is 5.67. The molecular weight excluding hydrogens is 480 g/mol. The molecule has 3 amide bonds. The molecule has 2 aromatic rings. The average molecular weight is 511 g/mol. The fourth-order valence-corrected chi connectivity index (χ4v) is 7.51. The highest BCUT2D eigenvalue weighted by Crippen LogP contribution is 2.65. The fourth-order valence-electron chi connectivity index (χ4n) is 7.51. The van der Waals surface area contributed by atoms with Gasteiger partial charge in [-0.15, -0.1) is 0 Å². The Morgan fingerprint density at radius 2 is 1.61 bits per heavy atom. The summed E-state index contributed by atoms with van der Waals surface area (Å²) in [6, 6.07) is 14.7. The Morgan fingerprint density at radius 3 is 2.24 bits per heavy atom. The van der Waals surface area contributed by atoms with E-state index in [1.807, 2.05) is 44.2 Å². The summed E-state index contributed by atoms with van der Waals surface area (Å²) >= 11 is 0. The number of rotatable bonds is 5. The van der Waals surface area contributed by atoms with E-state index >= 15 is 0 Å². The van der Waals surface area contributed by atoms with E-state index < -0.39 is 11.9 Å². The van der Waals surface area contributed by atoms with Gasteiger partial charge in [-0.1, -0.05) is 42.5 Å². The third-order valence-corrected chi connectivity index (χ3v) is 9.53. The standard InChI is InChI=1S/C31H30N2O5/c1-16-12-20(38-31(37)19-13-26(34)32(15-19)17(2)18-6-4-3-5-7-18)8-11-25(16)33-29(35)27-21-9-10-22(24-14-23(21)24)28(27)30(33)36/h3-12,17,19,21-24,27-28H,13-15H2,1-2H3/t17-,19-,21+,22+,23+,24+,27-,28+/m1/s1. The molecule has 2 bridgehead atoms. The quantitative estimate of drug-likeness (QED) is 0.262.